The van der Waals surface area contributed by atoms with Crippen LogP contribution < -0.4 is 4.72 Å². The first kappa shape index (κ1) is 25.3. The van der Waals surface area contributed by atoms with Crippen molar-refractivity contribution in [3.05, 3.63) is 76.8 Å². The van der Waals surface area contributed by atoms with Gasteiger partial charge < -0.3 is 4.98 Å². The lowest BCUT2D eigenvalue weighted by atomic mass is 10.1. The molecule has 0 aliphatic carbocycles. The van der Waals surface area contributed by atoms with Crippen LogP contribution in [0.3, 0.4) is 0 Å². The zero-order valence-electron chi connectivity index (χ0n) is 17.8. The zero-order chi connectivity index (χ0) is 25.2. The number of para-hydroxylation sites is 1. The van der Waals surface area contributed by atoms with Crippen LogP contribution in [0.2, 0.25) is 10.0 Å². The van der Waals surface area contributed by atoms with Gasteiger partial charge in [-0.15, -0.1) is 10.2 Å². The molecule has 13 heteroatoms. The Balaban J connectivity index is 1.69. The molecule has 0 aliphatic rings. The second-order valence-electron chi connectivity index (χ2n) is 7.38. The van der Waals surface area contributed by atoms with E-state index in [0.29, 0.717) is 5.69 Å². The second-order valence-corrected chi connectivity index (χ2v) is 11.5. The van der Waals surface area contributed by atoms with Gasteiger partial charge in [0.05, 0.1) is 21.5 Å². The monoisotopic (exact) mass is 552 g/mol. The number of aromatic amines is 1. The first-order valence-corrected chi connectivity index (χ1v) is 13.9. The number of rotatable bonds is 8. The van der Waals surface area contributed by atoms with E-state index >= 15 is 0 Å². The van der Waals surface area contributed by atoms with Crippen LogP contribution >= 0.6 is 23.2 Å². The Bertz CT molecular complexity index is 1640. The molecule has 1 aromatic heterocycles. The molecule has 0 radical (unpaired) electrons. The molecule has 3 N–H and O–H groups in total. The van der Waals surface area contributed by atoms with Crippen LogP contribution in [0, 0.1) is 0 Å². The Morgan fingerprint density at radius 2 is 1.57 bits per heavy atom. The van der Waals surface area contributed by atoms with Gasteiger partial charge in [0.2, 0.25) is 10.0 Å². The number of fused-ring (bicyclic) bond motifs is 1. The van der Waals surface area contributed by atoms with Crippen molar-refractivity contribution in [2.24, 2.45) is 10.2 Å². The molecule has 9 nitrogen and oxygen atoms in total. The van der Waals surface area contributed by atoms with Gasteiger partial charge in [0.1, 0.15) is 16.3 Å². The molecule has 3 aromatic carbocycles. The summed E-state index contributed by atoms with van der Waals surface area (Å²) in [4.78, 5) is 2.98. The summed E-state index contributed by atoms with van der Waals surface area (Å²) in [6, 6.07) is 19.5. The van der Waals surface area contributed by atoms with Gasteiger partial charge in [0, 0.05) is 23.0 Å². The number of H-pyrrole nitrogens is 1. The minimum atomic E-state index is -4.34. The van der Waals surface area contributed by atoms with Crippen molar-refractivity contribution in [2.45, 2.75) is 4.90 Å². The lowest BCUT2D eigenvalue weighted by Gasteiger charge is -2.09. The molecule has 35 heavy (non-hydrogen) atoms. The van der Waals surface area contributed by atoms with E-state index in [0.717, 1.165) is 28.2 Å². The van der Waals surface area contributed by atoms with E-state index in [2.05, 4.69) is 19.9 Å². The molecule has 0 saturated heterocycles. The largest absolute Gasteiger partial charge is 0.353 e. The van der Waals surface area contributed by atoms with Crippen molar-refractivity contribution in [3.8, 4) is 11.3 Å². The maximum Gasteiger partial charge on any atom is 0.266 e. The number of azo groups is 1. The summed E-state index contributed by atoms with van der Waals surface area (Å²) in [6.07, 6.45) is 0. The van der Waals surface area contributed by atoms with E-state index in [1.807, 2.05) is 54.6 Å². The van der Waals surface area contributed by atoms with Crippen LogP contribution in [0.4, 0.5) is 11.4 Å². The maximum absolute atomic E-state index is 12.5. The molecule has 0 aliphatic heterocycles. The number of sulfonamides is 1. The van der Waals surface area contributed by atoms with Crippen LogP contribution in [0.5, 0.6) is 0 Å². The number of hydrogen-bond donors (Lipinski definition) is 3. The summed E-state index contributed by atoms with van der Waals surface area (Å²) in [6.45, 7) is -0.542. The fraction of sp³-hybridized carbons (Fsp3) is 0.0909. The topological polar surface area (TPSA) is 141 Å². The average molecular weight is 553 g/mol. The van der Waals surface area contributed by atoms with E-state index in [1.165, 1.54) is 6.07 Å². The van der Waals surface area contributed by atoms with Crippen LogP contribution in [0.25, 0.3) is 22.2 Å². The van der Waals surface area contributed by atoms with Crippen molar-refractivity contribution in [3.63, 3.8) is 0 Å². The summed E-state index contributed by atoms with van der Waals surface area (Å²) in [5, 5.41) is 9.24. The summed E-state index contributed by atoms with van der Waals surface area (Å²) in [5.41, 5.74) is 3.22. The number of halogens is 2. The number of nitrogens with zero attached hydrogens (tertiary/aromatic N) is 2. The fourth-order valence-electron chi connectivity index (χ4n) is 3.33. The first-order valence-electron chi connectivity index (χ1n) is 10.1. The van der Waals surface area contributed by atoms with Crippen LogP contribution in [-0.2, 0) is 20.1 Å². The van der Waals surface area contributed by atoms with E-state index in [-0.39, 0.29) is 20.6 Å². The minimum absolute atomic E-state index is 0.0330. The highest BCUT2D eigenvalue weighted by atomic mass is 35.5. The highest BCUT2D eigenvalue weighted by molar-refractivity contribution is 7.89. The Morgan fingerprint density at radius 3 is 2.29 bits per heavy atom. The van der Waals surface area contributed by atoms with E-state index in [4.69, 9.17) is 27.8 Å². The van der Waals surface area contributed by atoms with Crippen LogP contribution in [-0.4, -0.2) is 38.7 Å². The molecule has 0 spiro atoms. The smallest absolute Gasteiger partial charge is 0.266 e. The quantitative estimate of drug-likeness (QED) is 0.189. The molecule has 4 aromatic rings. The van der Waals surface area contributed by atoms with Gasteiger partial charge in [-0.25, -0.2) is 13.1 Å². The summed E-state index contributed by atoms with van der Waals surface area (Å²) < 4.78 is 57.5. The lowest BCUT2D eigenvalue weighted by molar-refractivity contribution is 0.482. The number of hydrogen-bond acceptors (Lipinski definition) is 6. The maximum atomic E-state index is 12.5. The van der Waals surface area contributed by atoms with Gasteiger partial charge in [0.15, 0.2) is 0 Å². The molecular formula is C22H18Cl2N4O5S2. The molecule has 0 unspecified atom stereocenters. The Hall–Kier alpha value is -2.80. The zero-order valence-corrected chi connectivity index (χ0v) is 21.0. The normalized spacial score (nSPS) is 12.5. The van der Waals surface area contributed by atoms with Gasteiger partial charge in [-0.3, -0.25) is 4.55 Å². The van der Waals surface area contributed by atoms with Gasteiger partial charge in [-0.2, -0.15) is 8.42 Å². The van der Waals surface area contributed by atoms with E-state index < -0.39 is 32.4 Å². The number of aromatic nitrogens is 1. The molecule has 0 fully saturated rings. The van der Waals surface area contributed by atoms with Crippen molar-refractivity contribution in [1.29, 1.82) is 0 Å². The predicted octanol–water partition coefficient (Wildman–Crippen LogP) is 5.72. The third-order valence-corrected chi connectivity index (χ3v) is 7.89. The van der Waals surface area contributed by atoms with Crippen molar-refractivity contribution in [1.82, 2.24) is 9.71 Å². The van der Waals surface area contributed by atoms with Crippen molar-refractivity contribution >= 4 is 65.6 Å². The highest BCUT2D eigenvalue weighted by Crippen LogP contribution is 2.40. The molecule has 0 saturated carbocycles. The Morgan fingerprint density at radius 1 is 0.886 bits per heavy atom. The highest BCUT2D eigenvalue weighted by Gasteiger charge is 2.21. The second kappa shape index (κ2) is 10.1. The molecule has 1 heterocycles. The van der Waals surface area contributed by atoms with Gasteiger partial charge in [-0.05, 0) is 18.2 Å². The van der Waals surface area contributed by atoms with Crippen LogP contribution in [0.1, 0.15) is 0 Å². The molecule has 4 rings (SSSR count). The van der Waals surface area contributed by atoms with Crippen molar-refractivity contribution < 1.29 is 21.4 Å². The van der Waals surface area contributed by atoms with Crippen molar-refractivity contribution in [2.75, 3.05) is 12.3 Å². The molecule has 182 valence electrons. The first-order chi connectivity index (χ1) is 16.5. The Kier molecular flexibility index (Phi) is 7.27. The minimum Gasteiger partial charge on any atom is -0.353 e. The summed E-state index contributed by atoms with van der Waals surface area (Å²) in [7, 11) is -8.54. The summed E-state index contributed by atoms with van der Waals surface area (Å²) in [5.74, 6) is -0.793. The standard InChI is InChI=1S/C22H18Cl2N4O5S2/c23-16-13-20(35(32,33)25-10-11-34(29,30)31)17(24)12-19(16)27-28-22-15-8-4-5-9-18(15)26-21(22)14-6-2-1-3-7-14/h1-9,12-13,25-26H,10-11H2,(H,29,30,31). The molecule has 0 bridgehead atoms. The molecule has 0 atom stereocenters. The van der Waals surface area contributed by atoms with E-state index in [1.54, 1.807) is 0 Å². The number of nitrogens with one attached hydrogen (secondary N) is 2. The van der Waals surface area contributed by atoms with Gasteiger partial charge >= 0.3 is 0 Å². The lowest BCUT2D eigenvalue weighted by Crippen LogP contribution is -2.29. The fourth-order valence-corrected chi connectivity index (χ4v) is 5.66. The summed E-state index contributed by atoms with van der Waals surface area (Å²) >= 11 is 12.5. The third kappa shape index (κ3) is 5.89. The van der Waals surface area contributed by atoms with Gasteiger partial charge in [-0.1, -0.05) is 71.7 Å². The van der Waals surface area contributed by atoms with Gasteiger partial charge in [0.25, 0.3) is 10.1 Å². The number of benzene rings is 3. The Labute approximate surface area is 211 Å². The van der Waals surface area contributed by atoms with Crippen LogP contribution in [0.15, 0.2) is 81.9 Å². The molecule has 0 amide bonds. The molecular weight excluding hydrogens is 535 g/mol. The average Bonchev–Trinajstić information content (AvgIpc) is 3.17. The third-order valence-electron chi connectivity index (χ3n) is 4.94. The van der Waals surface area contributed by atoms with E-state index in [9.17, 15) is 16.8 Å². The predicted molar refractivity (Wildman–Crippen MR) is 136 cm³/mol. The SMILES string of the molecule is O=S(=O)(O)CCNS(=O)(=O)c1cc(Cl)c(N=Nc2c(-c3ccccc3)[nH]c3ccccc23)cc1Cl.